The Labute approximate surface area is 200 Å². The lowest BCUT2D eigenvalue weighted by Gasteiger charge is -2.14. The number of hydrogen-bond donors (Lipinski definition) is 1. The number of carbonyl (C=O) groups is 1. The monoisotopic (exact) mass is 473 g/mol. The molecule has 6 rings (SSSR count). The number of aryl methyl sites for hydroxylation is 2. The Morgan fingerprint density at radius 3 is 2.74 bits per heavy atom. The van der Waals surface area contributed by atoms with Crippen molar-refractivity contribution < 1.29 is 19.0 Å². The van der Waals surface area contributed by atoms with Crippen LogP contribution in [0.5, 0.6) is 11.5 Å². The molecule has 0 radical (unpaired) electrons. The van der Waals surface area contributed by atoms with Crippen molar-refractivity contribution in [3.63, 3.8) is 0 Å². The third kappa shape index (κ3) is 3.74. The van der Waals surface area contributed by atoms with E-state index in [1.165, 1.54) is 30.4 Å². The fourth-order valence-corrected chi connectivity index (χ4v) is 5.79. The van der Waals surface area contributed by atoms with Crippen molar-refractivity contribution in [1.29, 1.82) is 0 Å². The largest absolute Gasteiger partial charge is 0.465 e. The summed E-state index contributed by atoms with van der Waals surface area (Å²) in [7, 11) is 1.38. The van der Waals surface area contributed by atoms with Gasteiger partial charge in [0.15, 0.2) is 17.3 Å². The molecule has 1 aliphatic carbocycles. The van der Waals surface area contributed by atoms with E-state index >= 15 is 0 Å². The average Bonchev–Trinajstić information content (AvgIpc) is 3.50. The maximum Gasteiger partial charge on any atom is 0.337 e. The first-order chi connectivity index (χ1) is 16.7. The molecule has 0 atom stereocenters. The third-order valence-electron chi connectivity index (χ3n) is 6.28. The van der Waals surface area contributed by atoms with Crippen LogP contribution in [-0.4, -0.2) is 29.8 Å². The van der Waals surface area contributed by atoms with Gasteiger partial charge in [-0.25, -0.2) is 14.8 Å². The molecule has 1 N–H and O–H groups in total. The van der Waals surface area contributed by atoms with Crippen LogP contribution in [0, 0.1) is 0 Å². The van der Waals surface area contributed by atoms with Gasteiger partial charge in [-0.15, -0.1) is 11.3 Å². The number of hydrogen-bond acceptors (Lipinski definition) is 8. The molecule has 172 valence electrons. The molecule has 0 fully saturated rings. The van der Waals surface area contributed by atoms with Crippen molar-refractivity contribution in [3.05, 3.63) is 64.0 Å². The number of nitrogens with zero attached hydrogens (tertiary/aromatic N) is 2. The van der Waals surface area contributed by atoms with Gasteiger partial charge in [0.2, 0.25) is 6.79 Å². The molecule has 4 aromatic rings. The summed E-state index contributed by atoms with van der Waals surface area (Å²) in [4.78, 5) is 24.1. The highest BCUT2D eigenvalue weighted by molar-refractivity contribution is 7.19. The molecule has 0 saturated heterocycles. The number of methoxy groups -OCH3 is 1. The molecule has 0 amide bonds. The highest BCUT2D eigenvalue weighted by Gasteiger charge is 2.22. The number of anilines is 1. The van der Waals surface area contributed by atoms with Gasteiger partial charge in [-0.3, -0.25) is 0 Å². The number of esters is 1. The SMILES string of the molecule is COC(=O)c1ccc(-c2nc(NCc3ccc4c(c3)OCO4)c3c4c(sc3n2)CCCC4)cc1. The van der Waals surface area contributed by atoms with Crippen LogP contribution < -0.4 is 14.8 Å². The van der Waals surface area contributed by atoms with Gasteiger partial charge in [0.05, 0.1) is 18.1 Å². The zero-order chi connectivity index (χ0) is 23.1. The zero-order valence-electron chi connectivity index (χ0n) is 18.7. The molecule has 0 saturated carbocycles. The minimum Gasteiger partial charge on any atom is -0.465 e. The molecule has 3 heterocycles. The van der Waals surface area contributed by atoms with Crippen LogP contribution in [0.15, 0.2) is 42.5 Å². The van der Waals surface area contributed by atoms with Gasteiger partial charge < -0.3 is 19.5 Å². The Hall–Kier alpha value is -3.65. The fourth-order valence-electron chi connectivity index (χ4n) is 4.52. The van der Waals surface area contributed by atoms with E-state index < -0.39 is 0 Å². The number of aromatic nitrogens is 2. The third-order valence-corrected chi connectivity index (χ3v) is 7.46. The van der Waals surface area contributed by atoms with Gasteiger partial charge in [-0.05, 0) is 61.1 Å². The molecule has 2 aliphatic rings. The normalized spacial score (nSPS) is 14.1. The highest BCUT2D eigenvalue weighted by Crippen LogP contribution is 2.40. The molecule has 0 bridgehead atoms. The molecule has 8 heteroatoms. The zero-order valence-corrected chi connectivity index (χ0v) is 19.5. The van der Waals surface area contributed by atoms with Crippen LogP contribution in [0.3, 0.4) is 0 Å². The van der Waals surface area contributed by atoms with Gasteiger partial charge in [0.1, 0.15) is 10.6 Å². The first-order valence-electron chi connectivity index (χ1n) is 11.3. The van der Waals surface area contributed by atoms with Crippen molar-refractivity contribution in [2.75, 3.05) is 19.2 Å². The van der Waals surface area contributed by atoms with Crippen LogP contribution in [-0.2, 0) is 24.1 Å². The molecule has 2 aromatic carbocycles. The topological polar surface area (TPSA) is 82.6 Å². The van der Waals surface area contributed by atoms with E-state index in [-0.39, 0.29) is 12.8 Å². The highest BCUT2D eigenvalue weighted by atomic mass is 32.1. The maximum atomic E-state index is 11.8. The first-order valence-corrected chi connectivity index (χ1v) is 12.1. The number of thiophene rings is 1. The molecular weight excluding hydrogens is 450 g/mol. The van der Waals surface area contributed by atoms with E-state index in [1.807, 2.05) is 30.3 Å². The van der Waals surface area contributed by atoms with Crippen molar-refractivity contribution >= 4 is 33.3 Å². The van der Waals surface area contributed by atoms with Gasteiger partial charge in [-0.2, -0.15) is 0 Å². The summed E-state index contributed by atoms with van der Waals surface area (Å²) in [6.45, 7) is 0.867. The van der Waals surface area contributed by atoms with Crippen LogP contribution in [0.4, 0.5) is 5.82 Å². The average molecular weight is 474 g/mol. The Morgan fingerprint density at radius 2 is 1.88 bits per heavy atom. The van der Waals surface area contributed by atoms with Crippen molar-refractivity contribution in [2.24, 2.45) is 0 Å². The summed E-state index contributed by atoms with van der Waals surface area (Å²) in [6.07, 6.45) is 4.57. The molecular formula is C26H23N3O4S. The summed E-state index contributed by atoms with van der Waals surface area (Å²) in [5.74, 6) is 2.66. The molecule has 0 spiro atoms. The second kappa shape index (κ2) is 8.61. The number of nitrogens with one attached hydrogen (secondary N) is 1. The minimum atomic E-state index is -0.361. The van der Waals surface area contributed by atoms with E-state index in [0.29, 0.717) is 17.9 Å². The fraction of sp³-hybridized carbons (Fsp3) is 0.269. The Bertz CT molecular complexity index is 1400. The summed E-state index contributed by atoms with van der Waals surface area (Å²) in [5.41, 5.74) is 3.82. The summed E-state index contributed by atoms with van der Waals surface area (Å²) in [5, 5.41) is 4.70. The van der Waals surface area contributed by atoms with Crippen molar-refractivity contribution in [2.45, 2.75) is 32.2 Å². The molecule has 2 aromatic heterocycles. The summed E-state index contributed by atoms with van der Waals surface area (Å²) in [6, 6.07) is 13.2. The minimum absolute atomic E-state index is 0.262. The Morgan fingerprint density at radius 1 is 1.06 bits per heavy atom. The van der Waals surface area contributed by atoms with Gasteiger partial charge in [-0.1, -0.05) is 18.2 Å². The lowest BCUT2D eigenvalue weighted by molar-refractivity contribution is 0.0600. The van der Waals surface area contributed by atoms with Gasteiger partial charge in [0, 0.05) is 17.0 Å². The summed E-state index contributed by atoms with van der Waals surface area (Å²) < 4.78 is 15.8. The second-order valence-electron chi connectivity index (χ2n) is 8.40. The summed E-state index contributed by atoms with van der Waals surface area (Å²) >= 11 is 1.77. The van der Waals surface area contributed by atoms with E-state index in [1.54, 1.807) is 23.5 Å². The van der Waals surface area contributed by atoms with Crippen molar-refractivity contribution in [1.82, 2.24) is 9.97 Å². The lowest BCUT2D eigenvalue weighted by atomic mass is 9.97. The maximum absolute atomic E-state index is 11.8. The van der Waals surface area contributed by atoms with E-state index in [0.717, 1.165) is 51.5 Å². The number of carbonyl (C=O) groups excluding carboxylic acids is 1. The van der Waals surface area contributed by atoms with Gasteiger partial charge in [0.25, 0.3) is 0 Å². The lowest BCUT2D eigenvalue weighted by Crippen LogP contribution is -2.06. The number of benzene rings is 2. The van der Waals surface area contributed by atoms with Crippen LogP contribution >= 0.6 is 11.3 Å². The number of rotatable bonds is 5. The second-order valence-corrected chi connectivity index (χ2v) is 9.48. The predicted molar refractivity (Wildman–Crippen MR) is 131 cm³/mol. The van der Waals surface area contributed by atoms with E-state index in [2.05, 4.69) is 5.32 Å². The Balaban J connectivity index is 1.38. The predicted octanol–water partition coefficient (Wildman–Crippen LogP) is 5.36. The molecule has 0 unspecified atom stereocenters. The van der Waals surface area contributed by atoms with Crippen LogP contribution in [0.25, 0.3) is 21.6 Å². The molecule has 7 nitrogen and oxygen atoms in total. The standard InChI is InChI=1S/C26H23N3O4S/c1-31-26(30)17-9-7-16(8-10-17)23-28-24(22-18-4-2-3-5-21(18)34-25(22)29-23)27-13-15-6-11-19-20(12-15)33-14-32-19/h6-12H,2-5,13-14H2,1H3,(H,27,28,29). The van der Waals surface area contributed by atoms with Gasteiger partial charge >= 0.3 is 5.97 Å². The quantitative estimate of drug-likeness (QED) is 0.391. The molecule has 34 heavy (non-hydrogen) atoms. The smallest absolute Gasteiger partial charge is 0.337 e. The number of fused-ring (bicyclic) bond motifs is 4. The first kappa shape index (κ1) is 20.9. The van der Waals surface area contributed by atoms with Crippen molar-refractivity contribution in [3.8, 4) is 22.9 Å². The van der Waals surface area contributed by atoms with Crippen LogP contribution in [0.1, 0.15) is 39.2 Å². The Kier molecular flexibility index (Phi) is 5.30. The molecule has 1 aliphatic heterocycles. The van der Waals surface area contributed by atoms with E-state index in [4.69, 9.17) is 24.2 Å². The number of ether oxygens (including phenoxy) is 3. The van der Waals surface area contributed by atoms with E-state index in [9.17, 15) is 4.79 Å². The van der Waals surface area contributed by atoms with Crippen LogP contribution in [0.2, 0.25) is 0 Å².